The Morgan fingerprint density at radius 3 is 2.75 bits per heavy atom. The van der Waals surface area contributed by atoms with E-state index in [1.807, 2.05) is 12.1 Å². The van der Waals surface area contributed by atoms with Gasteiger partial charge in [0.15, 0.2) is 5.96 Å². The van der Waals surface area contributed by atoms with E-state index < -0.39 is 0 Å². The summed E-state index contributed by atoms with van der Waals surface area (Å²) in [6.07, 6.45) is 5.50. The van der Waals surface area contributed by atoms with Crippen LogP contribution in [0.4, 0.5) is 5.69 Å². The van der Waals surface area contributed by atoms with Gasteiger partial charge in [0, 0.05) is 38.9 Å². The van der Waals surface area contributed by atoms with Crippen molar-refractivity contribution in [2.24, 2.45) is 4.99 Å². The summed E-state index contributed by atoms with van der Waals surface area (Å²) in [6.45, 7) is 2.50. The lowest BCUT2D eigenvalue weighted by Crippen LogP contribution is -2.41. The standard InChI is InChI=1S/C17H26N4O3/c1-18-17(20-13-16-6-4-12-24-16)19-11-3-2-5-14-7-9-15(10-8-14)21(22)23/h7-10,16H,2-6,11-13H2,1H3,(H2,18,19,20). The van der Waals surface area contributed by atoms with Gasteiger partial charge in [-0.3, -0.25) is 15.1 Å². The molecule has 1 aromatic rings. The lowest BCUT2D eigenvalue weighted by molar-refractivity contribution is -0.384. The van der Waals surface area contributed by atoms with E-state index >= 15 is 0 Å². The predicted molar refractivity (Wildman–Crippen MR) is 94.4 cm³/mol. The third-order valence-corrected chi connectivity index (χ3v) is 4.08. The highest BCUT2D eigenvalue weighted by Crippen LogP contribution is 2.13. The van der Waals surface area contributed by atoms with E-state index in [-0.39, 0.29) is 10.6 Å². The van der Waals surface area contributed by atoms with Crippen LogP contribution in [0.25, 0.3) is 0 Å². The Kier molecular flexibility index (Phi) is 7.48. The van der Waals surface area contributed by atoms with E-state index in [2.05, 4.69) is 15.6 Å². The normalized spacial score (nSPS) is 17.7. The Hall–Kier alpha value is -2.15. The summed E-state index contributed by atoms with van der Waals surface area (Å²) in [5.74, 6) is 0.806. The number of non-ortho nitro benzene ring substituents is 1. The number of hydrogen-bond acceptors (Lipinski definition) is 4. The second-order valence-electron chi connectivity index (χ2n) is 5.90. The molecule has 7 nitrogen and oxygen atoms in total. The number of aryl methyl sites for hydroxylation is 1. The van der Waals surface area contributed by atoms with Gasteiger partial charge >= 0.3 is 0 Å². The van der Waals surface area contributed by atoms with Crippen LogP contribution < -0.4 is 10.6 Å². The summed E-state index contributed by atoms with van der Waals surface area (Å²) in [5.41, 5.74) is 1.27. The van der Waals surface area contributed by atoms with Gasteiger partial charge in [-0.25, -0.2) is 0 Å². The van der Waals surface area contributed by atoms with Crippen molar-refractivity contribution in [3.8, 4) is 0 Å². The first-order valence-corrected chi connectivity index (χ1v) is 8.48. The quantitative estimate of drug-likeness (QED) is 0.250. The highest BCUT2D eigenvalue weighted by molar-refractivity contribution is 5.79. The molecule has 24 heavy (non-hydrogen) atoms. The van der Waals surface area contributed by atoms with E-state index in [4.69, 9.17) is 4.74 Å². The number of guanidine groups is 1. The summed E-state index contributed by atoms with van der Waals surface area (Å²) in [5, 5.41) is 17.2. The fourth-order valence-electron chi connectivity index (χ4n) is 2.68. The van der Waals surface area contributed by atoms with Crippen LogP contribution in [0.3, 0.4) is 0 Å². The maximum Gasteiger partial charge on any atom is 0.269 e. The van der Waals surface area contributed by atoms with Crippen molar-refractivity contribution in [2.75, 3.05) is 26.7 Å². The summed E-state index contributed by atoms with van der Waals surface area (Å²) in [6, 6.07) is 6.77. The number of nitro groups is 1. The molecule has 0 aromatic heterocycles. The topological polar surface area (TPSA) is 88.8 Å². The van der Waals surface area contributed by atoms with Crippen molar-refractivity contribution in [1.82, 2.24) is 10.6 Å². The molecule has 0 bridgehead atoms. The van der Waals surface area contributed by atoms with E-state index in [1.54, 1.807) is 19.2 Å². The number of rotatable bonds is 8. The van der Waals surface area contributed by atoms with E-state index in [0.29, 0.717) is 6.10 Å². The Morgan fingerprint density at radius 1 is 1.33 bits per heavy atom. The summed E-state index contributed by atoms with van der Waals surface area (Å²) in [4.78, 5) is 14.4. The SMILES string of the molecule is CN=C(NCCCCc1ccc([N+](=O)[O-])cc1)NCC1CCCO1. The molecule has 1 fully saturated rings. The Bertz CT molecular complexity index is 539. The van der Waals surface area contributed by atoms with Crippen LogP contribution in [0, 0.1) is 10.1 Å². The van der Waals surface area contributed by atoms with Gasteiger partial charge in [-0.15, -0.1) is 0 Å². The lowest BCUT2D eigenvalue weighted by atomic mass is 10.1. The van der Waals surface area contributed by atoms with Gasteiger partial charge in [0.1, 0.15) is 0 Å². The van der Waals surface area contributed by atoms with Gasteiger partial charge in [-0.05, 0) is 37.7 Å². The molecule has 1 aliphatic rings. The average Bonchev–Trinajstić information content (AvgIpc) is 3.11. The zero-order chi connectivity index (χ0) is 17.2. The summed E-state index contributed by atoms with van der Waals surface area (Å²) < 4.78 is 5.58. The van der Waals surface area contributed by atoms with Crippen molar-refractivity contribution >= 4 is 11.6 Å². The summed E-state index contributed by atoms with van der Waals surface area (Å²) in [7, 11) is 1.77. The predicted octanol–water partition coefficient (Wildman–Crippen LogP) is 2.26. The van der Waals surface area contributed by atoms with Crippen molar-refractivity contribution < 1.29 is 9.66 Å². The molecular formula is C17H26N4O3. The fourth-order valence-corrected chi connectivity index (χ4v) is 2.68. The Labute approximate surface area is 142 Å². The zero-order valence-electron chi connectivity index (χ0n) is 14.2. The van der Waals surface area contributed by atoms with E-state index in [0.717, 1.165) is 63.3 Å². The van der Waals surface area contributed by atoms with E-state index in [1.165, 1.54) is 0 Å². The van der Waals surface area contributed by atoms with Gasteiger partial charge in [0.2, 0.25) is 0 Å². The van der Waals surface area contributed by atoms with Gasteiger partial charge in [0.05, 0.1) is 11.0 Å². The first kappa shape index (κ1) is 18.2. The van der Waals surface area contributed by atoms with Gasteiger partial charge < -0.3 is 15.4 Å². The van der Waals surface area contributed by atoms with Crippen LogP contribution in [0.5, 0.6) is 0 Å². The van der Waals surface area contributed by atoms with Crippen LogP contribution in [0.15, 0.2) is 29.3 Å². The largest absolute Gasteiger partial charge is 0.376 e. The van der Waals surface area contributed by atoms with E-state index in [9.17, 15) is 10.1 Å². The molecule has 1 aromatic carbocycles. The fraction of sp³-hybridized carbons (Fsp3) is 0.588. The number of nitro benzene ring substituents is 1. The average molecular weight is 334 g/mol. The molecule has 7 heteroatoms. The van der Waals surface area contributed by atoms with Crippen molar-refractivity contribution in [2.45, 2.75) is 38.2 Å². The molecule has 1 saturated heterocycles. The van der Waals surface area contributed by atoms with Crippen LogP contribution in [-0.4, -0.2) is 43.7 Å². The molecule has 0 radical (unpaired) electrons. The highest BCUT2D eigenvalue weighted by Gasteiger charge is 2.15. The number of hydrogen-bond donors (Lipinski definition) is 2. The summed E-state index contributed by atoms with van der Waals surface area (Å²) >= 11 is 0. The molecule has 1 unspecified atom stereocenters. The molecule has 1 heterocycles. The van der Waals surface area contributed by atoms with Gasteiger partial charge in [-0.2, -0.15) is 0 Å². The maximum absolute atomic E-state index is 10.6. The van der Waals surface area contributed by atoms with Crippen LogP contribution in [0.2, 0.25) is 0 Å². The van der Waals surface area contributed by atoms with Gasteiger partial charge in [0.25, 0.3) is 5.69 Å². The molecule has 0 spiro atoms. The lowest BCUT2D eigenvalue weighted by Gasteiger charge is -2.15. The third kappa shape index (κ3) is 6.16. The second kappa shape index (κ2) is 9.87. The molecule has 132 valence electrons. The number of benzene rings is 1. The molecule has 2 N–H and O–H groups in total. The Morgan fingerprint density at radius 2 is 2.12 bits per heavy atom. The molecule has 1 aliphatic heterocycles. The number of aliphatic imine (C=N–C) groups is 1. The monoisotopic (exact) mass is 334 g/mol. The highest BCUT2D eigenvalue weighted by atomic mass is 16.6. The molecule has 1 atom stereocenters. The first-order valence-electron chi connectivity index (χ1n) is 8.48. The number of nitrogens with one attached hydrogen (secondary N) is 2. The first-order chi connectivity index (χ1) is 11.7. The minimum Gasteiger partial charge on any atom is -0.376 e. The minimum absolute atomic E-state index is 0.140. The van der Waals surface area contributed by atoms with Crippen molar-refractivity contribution in [3.63, 3.8) is 0 Å². The van der Waals surface area contributed by atoms with Crippen LogP contribution >= 0.6 is 0 Å². The second-order valence-corrected chi connectivity index (χ2v) is 5.90. The maximum atomic E-state index is 10.6. The molecule has 2 rings (SSSR count). The van der Waals surface area contributed by atoms with Crippen molar-refractivity contribution in [3.05, 3.63) is 39.9 Å². The minimum atomic E-state index is -0.372. The van der Waals surface area contributed by atoms with Crippen molar-refractivity contribution in [1.29, 1.82) is 0 Å². The molecule has 0 amide bonds. The molecular weight excluding hydrogens is 308 g/mol. The number of unbranched alkanes of at least 4 members (excludes halogenated alkanes) is 1. The molecule has 0 aliphatic carbocycles. The van der Waals surface area contributed by atoms with Crippen LogP contribution in [0.1, 0.15) is 31.2 Å². The van der Waals surface area contributed by atoms with Gasteiger partial charge in [-0.1, -0.05) is 12.1 Å². The smallest absolute Gasteiger partial charge is 0.269 e. The van der Waals surface area contributed by atoms with Crippen LogP contribution in [-0.2, 0) is 11.2 Å². The Balaban J connectivity index is 1.58. The number of ether oxygens (including phenoxy) is 1. The number of nitrogens with zero attached hydrogens (tertiary/aromatic N) is 2. The third-order valence-electron chi connectivity index (χ3n) is 4.08. The zero-order valence-corrected chi connectivity index (χ0v) is 14.2. The molecule has 0 saturated carbocycles.